The van der Waals surface area contributed by atoms with E-state index in [-0.39, 0.29) is 0 Å². The van der Waals surface area contributed by atoms with Crippen LogP contribution < -0.4 is 0 Å². The first-order valence-electron chi connectivity index (χ1n) is 6.57. The third-order valence-electron chi connectivity index (χ3n) is 3.60. The van der Waals surface area contributed by atoms with Gasteiger partial charge in [0.1, 0.15) is 0 Å². The van der Waals surface area contributed by atoms with Gasteiger partial charge in [-0.15, -0.1) is 0 Å². The molecule has 3 aromatic rings. The smallest absolute Gasteiger partial charge is 0.0865 e. The first kappa shape index (κ1) is 12.9. The molecule has 0 saturated heterocycles. The van der Waals surface area contributed by atoms with Gasteiger partial charge in [-0.2, -0.15) is 0 Å². The van der Waals surface area contributed by atoms with E-state index in [9.17, 15) is 0 Å². The number of halogens is 1. The van der Waals surface area contributed by atoms with Crippen molar-refractivity contribution >= 4 is 38.9 Å². The van der Waals surface area contributed by atoms with Gasteiger partial charge in [0.2, 0.25) is 0 Å². The van der Waals surface area contributed by atoms with E-state index in [2.05, 4.69) is 17.3 Å². The topological polar surface area (TPSA) is 32.6 Å². The molecule has 0 amide bonds. The molecule has 0 unspecified atom stereocenters. The molecule has 1 N–H and O–H groups in total. The molecule has 0 bridgehead atoms. The molecule has 0 aliphatic heterocycles. The zero-order valence-electron chi connectivity index (χ0n) is 11.1. The summed E-state index contributed by atoms with van der Waals surface area (Å²) in [4.78, 5) is 0. The standard InChI is InChI=1S/C17H14ClNO/c1-2-17(19-20)12-8-7-11-10-16(18)14-6-4-3-5-13(14)15(11)9-12/h3-10,20H,2H2,1H3/b19-17+. The molecule has 2 nitrogen and oxygen atoms in total. The van der Waals surface area contributed by atoms with Crippen molar-refractivity contribution in [1.82, 2.24) is 0 Å². The molecule has 20 heavy (non-hydrogen) atoms. The number of fused-ring (bicyclic) bond motifs is 3. The molecule has 0 aromatic heterocycles. The molecule has 0 aliphatic rings. The van der Waals surface area contributed by atoms with Gasteiger partial charge in [0.15, 0.2) is 0 Å². The molecule has 0 radical (unpaired) electrons. The van der Waals surface area contributed by atoms with Gasteiger partial charge in [-0.1, -0.05) is 60.1 Å². The van der Waals surface area contributed by atoms with E-state index < -0.39 is 0 Å². The van der Waals surface area contributed by atoms with Crippen LogP contribution in [0.1, 0.15) is 18.9 Å². The Labute approximate surface area is 122 Å². The Morgan fingerprint density at radius 2 is 1.80 bits per heavy atom. The molecule has 0 aliphatic carbocycles. The number of benzene rings is 3. The van der Waals surface area contributed by atoms with Crippen LogP contribution >= 0.6 is 11.6 Å². The van der Waals surface area contributed by atoms with Gasteiger partial charge in [-0.25, -0.2) is 0 Å². The van der Waals surface area contributed by atoms with E-state index in [0.29, 0.717) is 12.1 Å². The van der Waals surface area contributed by atoms with Crippen LogP contribution in [0.4, 0.5) is 0 Å². The van der Waals surface area contributed by atoms with Crippen LogP contribution in [0, 0.1) is 0 Å². The first-order valence-corrected chi connectivity index (χ1v) is 6.94. The van der Waals surface area contributed by atoms with Crippen LogP contribution in [0.2, 0.25) is 5.02 Å². The Morgan fingerprint density at radius 3 is 2.50 bits per heavy atom. The maximum absolute atomic E-state index is 9.08. The van der Waals surface area contributed by atoms with Crippen molar-refractivity contribution in [2.75, 3.05) is 0 Å². The summed E-state index contributed by atoms with van der Waals surface area (Å²) in [7, 11) is 0. The second-order valence-electron chi connectivity index (χ2n) is 4.74. The third kappa shape index (κ3) is 2.02. The van der Waals surface area contributed by atoms with Crippen molar-refractivity contribution in [3.8, 4) is 0 Å². The van der Waals surface area contributed by atoms with Crippen molar-refractivity contribution in [3.63, 3.8) is 0 Å². The maximum Gasteiger partial charge on any atom is 0.0865 e. The Morgan fingerprint density at radius 1 is 1.05 bits per heavy atom. The second kappa shape index (κ2) is 5.14. The summed E-state index contributed by atoms with van der Waals surface area (Å²) in [5.74, 6) is 0. The molecule has 0 heterocycles. The second-order valence-corrected chi connectivity index (χ2v) is 5.15. The summed E-state index contributed by atoms with van der Waals surface area (Å²) in [6, 6.07) is 16.1. The minimum Gasteiger partial charge on any atom is -0.411 e. The summed E-state index contributed by atoms with van der Waals surface area (Å²) in [5.41, 5.74) is 1.63. The molecule has 3 rings (SSSR count). The molecule has 0 saturated carbocycles. The highest BCUT2D eigenvalue weighted by molar-refractivity contribution is 6.37. The van der Waals surface area contributed by atoms with Gasteiger partial charge in [-0.3, -0.25) is 0 Å². The van der Waals surface area contributed by atoms with Gasteiger partial charge in [-0.05, 0) is 40.3 Å². The lowest BCUT2D eigenvalue weighted by atomic mass is 9.98. The van der Waals surface area contributed by atoms with Crippen molar-refractivity contribution in [2.24, 2.45) is 5.16 Å². The highest BCUT2D eigenvalue weighted by atomic mass is 35.5. The van der Waals surface area contributed by atoms with E-state index in [1.54, 1.807) is 0 Å². The molecule has 0 spiro atoms. The zero-order valence-corrected chi connectivity index (χ0v) is 11.9. The number of nitrogens with zero attached hydrogens (tertiary/aromatic N) is 1. The van der Waals surface area contributed by atoms with Crippen molar-refractivity contribution in [3.05, 3.63) is 59.1 Å². The number of hydrogen-bond acceptors (Lipinski definition) is 2. The maximum atomic E-state index is 9.08. The number of hydrogen-bond donors (Lipinski definition) is 1. The van der Waals surface area contributed by atoms with Crippen LogP contribution in [-0.2, 0) is 0 Å². The van der Waals surface area contributed by atoms with E-state index >= 15 is 0 Å². The fourth-order valence-corrected chi connectivity index (χ4v) is 2.85. The van der Waals surface area contributed by atoms with Crippen LogP contribution in [0.25, 0.3) is 21.5 Å². The first-order chi connectivity index (χ1) is 9.74. The minimum absolute atomic E-state index is 0.686. The lowest BCUT2D eigenvalue weighted by Gasteiger charge is -2.09. The monoisotopic (exact) mass is 283 g/mol. The molecule has 100 valence electrons. The zero-order chi connectivity index (χ0) is 14.1. The summed E-state index contributed by atoms with van der Waals surface area (Å²) < 4.78 is 0. The Balaban J connectivity index is 2.38. The molecular formula is C17H14ClNO. The summed E-state index contributed by atoms with van der Waals surface area (Å²) in [6.07, 6.45) is 0.688. The van der Waals surface area contributed by atoms with Crippen LogP contribution in [0.3, 0.4) is 0 Å². The van der Waals surface area contributed by atoms with E-state index in [1.807, 2.05) is 43.3 Å². The predicted molar refractivity (Wildman–Crippen MR) is 85.1 cm³/mol. The minimum atomic E-state index is 0.686. The van der Waals surface area contributed by atoms with E-state index in [0.717, 1.165) is 32.1 Å². The summed E-state index contributed by atoms with van der Waals surface area (Å²) in [6.45, 7) is 1.97. The Kier molecular flexibility index (Phi) is 3.33. The van der Waals surface area contributed by atoms with Crippen molar-refractivity contribution < 1.29 is 5.21 Å². The third-order valence-corrected chi connectivity index (χ3v) is 3.91. The van der Waals surface area contributed by atoms with Crippen LogP contribution in [0.5, 0.6) is 0 Å². The quantitative estimate of drug-likeness (QED) is 0.297. The molecule has 3 aromatic carbocycles. The Bertz CT molecular complexity index is 824. The van der Waals surface area contributed by atoms with Crippen LogP contribution in [-0.4, -0.2) is 10.9 Å². The van der Waals surface area contributed by atoms with Gasteiger partial charge in [0, 0.05) is 10.4 Å². The van der Waals surface area contributed by atoms with Gasteiger partial charge < -0.3 is 5.21 Å². The Hall–Kier alpha value is -2.06. The average Bonchev–Trinajstić information content (AvgIpc) is 2.49. The van der Waals surface area contributed by atoms with E-state index in [4.69, 9.17) is 16.8 Å². The van der Waals surface area contributed by atoms with Crippen molar-refractivity contribution in [2.45, 2.75) is 13.3 Å². The van der Waals surface area contributed by atoms with E-state index in [1.165, 1.54) is 0 Å². The predicted octanol–water partition coefficient (Wildman–Crippen LogP) is 5.23. The molecule has 0 atom stereocenters. The fraction of sp³-hybridized carbons (Fsp3) is 0.118. The largest absolute Gasteiger partial charge is 0.411 e. The van der Waals surface area contributed by atoms with Gasteiger partial charge in [0.05, 0.1) is 5.71 Å². The molecular weight excluding hydrogens is 270 g/mol. The fourth-order valence-electron chi connectivity index (χ4n) is 2.57. The lowest BCUT2D eigenvalue weighted by molar-refractivity contribution is 0.318. The number of oxime groups is 1. The molecule has 3 heteroatoms. The average molecular weight is 284 g/mol. The normalized spacial score (nSPS) is 12.2. The van der Waals surface area contributed by atoms with Crippen molar-refractivity contribution in [1.29, 1.82) is 0 Å². The summed E-state index contributed by atoms with van der Waals surface area (Å²) >= 11 is 6.33. The van der Waals surface area contributed by atoms with Crippen LogP contribution in [0.15, 0.2) is 53.7 Å². The molecule has 0 fully saturated rings. The number of rotatable bonds is 2. The lowest BCUT2D eigenvalue weighted by Crippen LogP contribution is -1.98. The van der Waals surface area contributed by atoms with Gasteiger partial charge in [0.25, 0.3) is 0 Å². The highest BCUT2D eigenvalue weighted by Gasteiger charge is 2.08. The summed E-state index contributed by atoms with van der Waals surface area (Å²) in [5, 5.41) is 17.6. The van der Waals surface area contributed by atoms with Gasteiger partial charge >= 0.3 is 0 Å². The SMILES string of the molecule is CC/C(=N\O)c1ccc2cc(Cl)c3ccccc3c2c1. The highest BCUT2D eigenvalue weighted by Crippen LogP contribution is 2.32.